The van der Waals surface area contributed by atoms with Crippen LogP contribution in [0.2, 0.25) is 0 Å². The Labute approximate surface area is 777 Å². The Morgan fingerprint density at radius 3 is 0.784 bits per heavy atom. The van der Waals surface area contributed by atoms with E-state index in [4.69, 9.17) is 24.7 Å². The van der Waals surface area contributed by atoms with Gasteiger partial charge in [-0.3, -0.25) is 0 Å². The van der Waals surface area contributed by atoms with Gasteiger partial charge in [0.2, 0.25) is 28.5 Å². The molecule has 0 atom stereocenters. The van der Waals surface area contributed by atoms with Crippen LogP contribution in [0.5, 0.6) is 0 Å². The summed E-state index contributed by atoms with van der Waals surface area (Å²) in [5, 5.41) is 0. The third-order valence-corrected chi connectivity index (χ3v) is 24.0. The van der Waals surface area contributed by atoms with Crippen molar-refractivity contribution < 1.29 is 47.5 Å². The van der Waals surface area contributed by atoms with Crippen molar-refractivity contribution in [2.45, 2.75) is 202 Å². The van der Waals surface area contributed by atoms with Gasteiger partial charge in [0.1, 0.15) is 35.2 Å². The fourth-order valence-electron chi connectivity index (χ4n) is 17.2. The molecule has 0 saturated heterocycles. The van der Waals surface area contributed by atoms with E-state index in [1.54, 1.807) is 79.8 Å². The van der Waals surface area contributed by atoms with Crippen molar-refractivity contribution in [2.24, 2.45) is 35.2 Å². The van der Waals surface area contributed by atoms with Gasteiger partial charge in [-0.1, -0.05) is 251 Å². The zero-order chi connectivity index (χ0) is 106. The molecule has 5 heterocycles. The Bertz CT molecular complexity index is 6930. The van der Waals surface area contributed by atoms with Crippen molar-refractivity contribution in [2.75, 3.05) is 0 Å². The van der Waals surface area contributed by atoms with Crippen molar-refractivity contribution >= 4 is 0 Å². The van der Waals surface area contributed by atoms with Crippen molar-refractivity contribution in [1.82, 2.24) is 0 Å². The molecule has 5 aromatic heterocycles. The van der Waals surface area contributed by atoms with Gasteiger partial charge in [0, 0.05) is 111 Å². The second-order valence-corrected chi connectivity index (χ2v) is 34.6. The lowest BCUT2D eigenvalue weighted by molar-refractivity contribution is -0.661. The predicted molar refractivity (Wildman–Crippen MR) is 534 cm³/mol. The molecular weight excluding hydrogens is 1510 g/mol. The first-order valence-corrected chi connectivity index (χ1v) is 43.4. The molecule has 0 aliphatic carbocycles. The molecule has 0 bridgehead atoms. The highest BCUT2D eigenvalue weighted by Crippen LogP contribution is 2.39. The van der Waals surface area contributed by atoms with Crippen molar-refractivity contribution in [3.05, 3.63) is 385 Å². The van der Waals surface area contributed by atoms with Gasteiger partial charge in [0.15, 0.2) is 31.0 Å². The lowest BCUT2D eigenvalue weighted by atomic mass is 9.91. The van der Waals surface area contributed by atoms with Crippen LogP contribution in [0.25, 0.3) is 112 Å². The minimum atomic E-state index is -2.35. The highest BCUT2D eigenvalue weighted by atomic mass is 14.9. The molecule has 5 heteroatoms. The highest BCUT2D eigenvalue weighted by Gasteiger charge is 2.26. The number of nitrogens with zero attached hydrogens (tertiary/aromatic N) is 5. The summed E-state index contributed by atoms with van der Waals surface area (Å²) >= 11 is 0. The second kappa shape index (κ2) is 41.6. The number of rotatable bonds is 16. The lowest BCUT2D eigenvalue weighted by Gasteiger charge is -2.14. The highest BCUT2D eigenvalue weighted by molar-refractivity contribution is 5.81. The van der Waals surface area contributed by atoms with E-state index in [0.717, 1.165) is 78.1 Å². The maximum absolute atomic E-state index is 8.54. The van der Waals surface area contributed by atoms with Gasteiger partial charge in [0.25, 0.3) is 0 Å². The third-order valence-electron chi connectivity index (χ3n) is 24.0. The quantitative estimate of drug-likeness (QED) is 0.0859. The number of aromatic nitrogens is 5. The van der Waals surface area contributed by atoms with Crippen LogP contribution in [0, 0.1) is 96.6 Å². The zero-order valence-corrected chi connectivity index (χ0v) is 78.4. The molecule has 0 fully saturated rings. The molecular formula is C120H140N5+5. The van der Waals surface area contributed by atoms with Crippen LogP contribution >= 0.6 is 0 Å². The van der Waals surface area contributed by atoms with E-state index >= 15 is 0 Å². The Balaban J connectivity index is 0.000000171. The summed E-state index contributed by atoms with van der Waals surface area (Å²) in [6.45, 7) is 30.8. The molecule has 0 spiro atoms. The average Bonchev–Trinajstić information content (AvgIpc) is 0.742. The van der Waals surface area contributed by atoms with Crippen LogP contribution in [-0.2, 0) is 48.0 Å². The van der Waals surface area contributed by atoms with Crippen LogP contribution in [0.1, 0.15) is 229 Å². The molecule has 0 aliphatic rings. The molecule has 0 unspecified atom stereocenters. The Morgan fingerprint density at radius 1 is 0.232 bits per heavy atom. The SMILES string of the molecule is Cc1cc(C)c(-c2cc(C(C)C)c(C)c[n+]2C)cc1-c1ccccc1.Cc1cc(C)c(-c2cc(C)c(C(C)C)c[n+]2C)cc1-c1ccccc1.[2H]C([2H])([2H])c1cc(C)c(-c2cc(C([2H])(C)C)c(C([2H])([2H])[2H])c[n+]2C)cc1-c1ccccc1.[2H]C([2H])([2H])c1cc(C)c(-c2cc(C([2H])([2H])C)c(C([2H])([2H])C)c[n+]2C)cc1-c1ccccc1.[2H]C([2H])([2H])c1cc(C)c(-c2cc(C)c(C([2H])(C)C)c[n+]2C)cc1-c1ccccc1. The Kier molecular flexibility index (Phi) is 23.7. The predicted octanol–water partition coefficient (Wildman–Crippen LogP) is 29.2. The van der Waals surface area contributed by atoms with E-state index in [1.807, 2.05) is 169 Å². The maximum atomic E-state index is 8.54. The van der Waals surface area contributed by atoms with E-state index < -0.39 is 51.9 Å². The fraction of sp³-hybridized carbons (Fsp3) is 0.292. The number of hydrogen-bond donors (Lipinski definition) is 0. The summed E-state index contributed by atoms with van der Waals surface area (Å²) < 4.78 is 156. The molecule has 640 valence electrons. The molecule has 0 radical (unpaired) electrons. The van der Waals surface area contributed by atoms with Crippen molar-refractivity contribution in [3.8, 4) is 112 Å². The molecule has 10 aromatic carbocycles. The van der Waals surface area contributed by atoms with Crippen LogP contribution < -0.4 is 22.8 Å². The average molecular weight is 1670 g/mol. The minimum Gasteiger partial charge on any atom is -0.201 e. The van der Waals surface area contributed by atoms with Crippen LogP contribution in [0.15, 0.2) is 274 Å². The van der Waals surface area contributed by atoms with Gasteiger partial charge >= 0.3 is 0 Å². The number of benzene rings is 10. The monoisotopic (exact) mass is 1670 g/mol. The molecule has 0 N–H and O–H groups in total. The van der Waals surface area contributed by atoms with Crippen LogP contribution in [0.3, 0.4) is 0 Å². The summed E-state index contributed by atoms with van der Waals surface area (Å²) in [5.74, 6) is -0.740. The molecule has 5 nitrogen and oxygen atoms in total. The largest absolute Gasteiger partial charge is 0.212 e. The maximum Gasteiger partial charge on any atom is 0.212 e. The van der Waals surface area contributed by atoms with E-state index in [0.29, 0.717) is 39.8 Å². The minimum absolute atomic E-state index is 0.142. The van der Waals surface area contributed by atoms with E-state index in [-0.39, 0.29) is 27.8 Å². The number of aryl methyl sites for hydroxylation is 21. The van der Waals surface area contributed by atoms with E-state index in [9.17, 15) is 0 Å². The first-order chi connectivity index (χ1) is 66.4. The Morgan fingerprint density at radius 2 is 0.480 bits per heavy atom. The zero-order valence-electron chi connectivity index (χ0n) is 96.4. The molecule has 15 aromatic rings. The molecule has 0 aliphatic heterocycles. The normalized spacial score (nSPS) is 14.0. The molecule has 0 saturated carbocycles. The van der Waals surface area contributed by atoms with Gasteiger partial charge in [-0.05, 0) is 302 Å². The Hall–Kier alpha value is -12.1. The van der Waals surface area contributed by atoms with Gasteiger partial charge in [-0.2, -0.15) is 0 Å². The summed E-state index contributed by atoms with van der Waals surface area (Å²) in [7, 11) is 9.84. The lowest BCUT2D eigenvalue weighted by Crippen LogP contribution is -2.32. The smallest absolute Gasteiger partial charge is 0.201 e. The van der Waals surface area contributed by atoms with Gasteiger partial charge in [-0.15, -0.1) is 0 Å². The first-order valence-electron chi connectivity index (χ1n) is 52.4. The second-order valence-electron chi connectivity index (χ2n) is 34.6. The van der Waals surface area contributed by atoms with Gasteiger partial charge in [-0.25, -0.2) is 22.8 Å². The van der Waals surface area contributed by atoms with Gasteiger partial charge < -0.3 is 0 Å². The molecule has 125 heavy (non-hydrogen) atoms. The standard InChI is InChI=1S/5C24H28N/c2*1-16(2)21-14-24(25(6)15-19(21)5)23-13-22(17(3)12-18(23)4)20-10-8-7-9-11-20;2*1-16(2)23-15-25(6)24(13-19(23)5)22-14-21(17(3)12-18(22)4)20-10-8-7-9-11-20;1-6-19-14-24(25(5)16-20(19)7-2)23-15-22(17(3)13-18(23)4)21-11-9-8-10-12-21/h4*7-16H,1-6H3;8-16H,6-7H2,1-5H3/q5*+1/i3D3,5D3,16D;;3D3,16D;;3D3,6D2,7D2. The molecule has 15 rings (SSSR count). The van der Waals surface area contributed by atoms with E-state index in [1.165, 1.54) is 103 Å². The van der Waals surface area contributed by atoms with Crippen molar-refractivity contribution in [1.29, 1.82) is 0 Å². The number of hydrogen-bond acceptors (Lipinski definition) is 0. The first kappa shape index (κ1) is 71.3. The van der Waals surface area contributed by atoms with Crippen LogP contribution in [0.4, 0.5) is 0 Å². The number of pyridine rings is 5. The summed E-state index contributed by atoms with van der Waals surface area (Å²) in [6, 6.07) is 80.1. The third kappa shape index (κ3) is 22.0. The van der Waals surface area contributed by atoms with Gasteiger partial charge in [0.05, 0.1) is 0 Å². The van der Waals surface area contributed by atoms with Crippen molar-refractivity contribution in [3.63, 3.8) is 0 Å². The van der Waals surface area contributed by atoms with E-state index in [2.05, 4.69) is 208 Å². The molecule has 0 amide bonds. The van der Waals surface area contributed by atoms with Crippen LogP contribution in [-0.4, -0.2) is 0 Å². The fourth-order valence-corrected chi connectivity index (χ4v) is 17.2. The summed E-state index contributed by atoms with van der Waals surface area (Å²) in [5.41, 5.74) is 37.1. The summed E-state index contributed by atoms with van der Waals surface area (Å²) in [6.07, 6.45) is 6.28. The topological polar surface area (TPSA) is 19.4 Å². The summed E-state index contributed by atoms with van der Waals surface area (Å²) in [4.78, 5) is 0.